The van der Waals surface area contributed by atoms with Crippen molar-refractivity contribution in [3.8, 4) is 0 Å². The third-order valence-corrected chi connectivity index (χ3v) is 3.68. The van der Waals surface area contributed by atoms with Crippen molar-refractivity contribution in [3.63, 3.8) is 0 Å². The van der Waals surface area contributed by atoms with Gasteiger partial charge in [0.05, 0.1) is 11.7 Å². The minimum absolute atomic E-state index is 0.323. The molecule has 19 heavy (non-hydrogen) atoms. The zero-order valence-electron chi connectivity index (χ0n) is 11.6. The lowest BCUT2D eigenvalue weighted by molar-refractivity contribution is -0.137. The number of halogens is 3. The first-order chi connectivity index (χ1) is 8.55. The molecule has 1 unspecified atom stereocenters. The number of likely N-dealkylation sites (N-methyl/N-ethyl adjacent to an activating group) is 1. The van der Waals surface area contributed by atoms with Gasteiger partial charge in [0, 0.05) is 12.0 Å². The maximum atomic E-state index is 12.4. The van der Waals surface area contributed by atoms with Crippen LogP contribution in [0, 0.1) is 0 Å². The van der Waals surface area contributed by atoms with E-state index in [-0.39, 0.29) is 0 Å². The predicted molar refractivity (Wildman–Crippen MR) is 68.9 cm³/mol. The van der Waals surface area contributed by atoms with Gasteiger partial charge in [-0.2, -0.15) is 13.2 Å². The van der Waals surface area contributed by atoms with E-state index in [1.165, 1.54) is 12.1 Å². The van der Waals surface area contributed by atoms with Crippen molar-refractivity contribution < 1.29 is 18.3 Å². The summed E-state index contributed by atoms with van der Waals surface area (Å²) in [7, 11) is 3.71. The lowest BCUT2D eigenvalue weighted by Crippen LogP contribution is -2.49. The predicted octanol–water partition coefficient (Wildman–Crippen LogP) is 2.95. The molecule has 1 aromatic carbocycles. The molecular weight excluding hydrogens is 255 g/mol. The smallest absolute Gasteiger partial charge is 0.391 e. The number of nitrogens with zero attached hydrogens (tertiary/aromatic N) is 1. The standard InChI is InChI=1S/C14H20F3NO/c1-13(2,18(3)4)12(19)9-10-5-7-11(8-6-10)14(15,16)17/h5-8,12,19H,9H2,1-4H3. The lowest BCUT2D eigenvalue weighted by Gasteiger charge is -2.37. The van der Waals surface area contributed by atoms with Crippen LogP contribution in [0.5, 0.6) is 0 Å². The molecule has 0 radical (unpaired) electrons. The molecule has 0 fully saturated rings. The summed E-state index contributed by atoms with van der Waals surface area (Å²) >= 11 is 0. The third kappa shape index (κ3) is 3.94. The van der Waals surface area contributed by atoms with Gasteiger partial charge in [-0.05, 0) is 45.6 Å². The van der Waals surface area contributed by atoms with Crippen molar-refractivity contribution in [2.75, 3.05) is 14.1 Å². The van der Waals surface area contributed by atoms with E-state index in [0.717, 1.165) is 12.1 Å². The van der Waals surface area contributed by atoms with Gasteiger partial charge in [-0.3, -0.25) is 0 Å². The van der Waals surface area contributed by atoms with Gasteiger partial charge in [0.1, 0.15) is 0 Å². The summed E-state index contributed by atoms with van der Waals surface area (Å²) in [6.07, 6.45) is -4.65. The average Bonchev–Trinajstić information content (AvgIpc) is 2.28. The Bertz CT molecular complexity index is 410. The third-order valence-electron chi connectivity index (χ3n) is 3.68. The van der Waals surface area contributed by atoms with E-state index in [9.17, 15) is 18.3 Å². The van der Waals surface area contributed by atoms with Crippen molar-refractivity contribution in [1.82, 2.24) is 4.90 Å². The Balaban J connectivity index is 2.79. The number of hydrogen-bond donors (Lipinski definition) is 1. The molecule has 1 N–H and O–H groups in total. The molecule has 0 saturated carbocycles. The summed E-state index contributed by atoms with van der Waals surface area (Å²) in [5.74, 6) is 0. The molecular formula is C14H20F3NO. The summed E-state index contributed by atoms with van der Waals surface area (Å²) in [6, 6.07) is 4.92. The molecule has 0 aromatic heterocycles. The summed E-state index contributed by atoms with van der Waals surface area (Å²) in [6.45, 7) is 3.78. The van der Waals surface area contributed by atoms with Crippen LogP contribution < -0.4 is 0 Å². The fraction of sp³-hybridized carbons (Fsp3) is 0.571. The molecule has 1 rings (SSSR count). The fourth-order valence-corrected chi connectivity index (χ4v) is 1.60. The van der Waals surface area contributed by atoms with Crippen LogP contribution in [0.25, 0.3) is 0 Å². The molecule has 1 atom stereocenters. The molecule has 0 aliphatic carbocycles. The minimum Gasteiger partial charge on any atom is -0.391 e. The Morgan fingerprint density at radius 3 is 1.95 bits per heavy atom. The number of aliphatic hydroxyl groups is 1. The summed E-state index contributed by atoms with van der Waals surface area (Å²) in [5.41, 5.74) is -0.420. The normalized spacial score (nSPS) is 14.8. The molecule has 0 amide bonds. The zero-order valence-corrected chi connectivity index (χ0v) is 11.6. The highest BCUT2D eigenvalue weighted by molar-refractivity contribution is 5.25. The van der Waals surface area contributed by atoms with Gasteiger partial charge in [0.15, 0.2) is 0 Å². The maximum Gasteiger partial charge on any atom is 0.416 e. The van der Waals surface area contributed by atoms with E-state index in [2.05, 4.69) is 0 Å². The first kappa shape index (κ1) is 16.0. The van der Waals surface area contributed by atoms with E-state index in [4.69, 9.17) is 0 Å². The van der Waals surface area contributed by atoms with Crippen LogP contribution in [0.4, 0.5) is 13.2 Å². The highest BCUT2D eigenvalue weighted by atomic mass is 19.4. The summed E-state index contributed by atoms with van der Waals surface area (Å²) in [4.78, 5) is 1.89. The molecule has 5 heteroatoms. The number of aliphatic hydroxyl groups excluding tert-OH is 1. The SMILES string of the molecule is CN(C)C(C)(C)C(O)Cc1ccc(C(F)(F)F)cc1. The quantitative estimate of drug-likeness (QED) is 0.913. The van der Waals surface area contributed by atoms with E-state index >= 15 is 0 Å². The van der Waals surface area contributed by atoms with Crippen molar-refractivity contribution in [3.05, 3.63) is 35.4 Å². The molecule has 0 aliphatic rings. The first-order valence-electron chi connectivity index (χ1n) is 6.07. The number of rotatable bonds is 4. The van der Waals surface area contributed by atoms with Gasteiger partial charge in [-0.15, -0.1) is 0 Å². The van der Waals surface area contributed by atoms with Crippen molar-refractivity contribution >= 4 is 0 Å². The van der Waals surface area contributed by atoms with Crippen molar-refractivity contribution in [2.45, 2.75) is 38.1 Å². The largest absolute Gasteiger partial charge is 0.416 e. The van der Waals surface area contributed by atoms with Crippen LogP contribution >= 0.6 is 0 Å². The molecule has 0 bridgehead atoms. The topological polar surface area (TPSA) is 23.5 Å². The second kappa shape index (κ2) is 5.51. The molecule has 0 aliphatic heterocycles. The van der Waals surface area contributed by atoms with Gasteiger partial charge in [-0.25, -0.2) is 0 Å². The van der Waals surface area contributed by atoms with E-state index in [1.54, 1.807) is 0 Å². The first-order valence-corrected chi connectivity index (χ1v) is 6.07. The average molecular weight is 275 g/mol. The monoisotopic (exact) mass is 275 g/mol. The molecule has 0 heterocycles. The Morgan fingerprint density at radius 1 is 1.11 bits per heavy atom. The zero-order chi connectivity index (χ0) is 14.8. The minimum atomic E-state index is -4.32. The molecule has 0 saturated heterocycles. The van der Waals surface area contributed by atoms with Gasteiger partial charge in [0.2, 0.25) is 0 Å². The second-order valence-electron chi connectivity index (χ2n) is 5.46. The molecule has 1 aromatic rings. The molecule has 108 valence electrons. The lowest BCUT2D eigenvalue weighted by atomic mass is 9.90. The summed E-state index contributed by atoms with van der Waals surface area (Å²) < 4.78 is 37.3. The molecule has 2 nitrogen and oxygen atoms in total. The Labute approximate surface area is 111 Å². The van der Waals surface area contributed by atoms with Crippen LogP contribution in [0.15, 0.2) is 24.3 Å². The highest BCUT2D eigenvalue weighted by Crippen LogP contribution is 2.29. The van der Waals surface area contributed by atoms with Gasteiger partial charge in [0.25, 0.3) is 0 Å². The van der Waals surface area contributed by atoms with Gasteiger partial charge in [-0.1, -0.05) is 12.1 Å². The second-order valence-corrected chi connectivity index (χ2v) is 5.46. The van der Waals surface area contributed by atoms with Gasteiger partial charge >= 0.3 is 6.18 Å². The van der Waals surface area contributed by atoms with Crippen LogP contribution in [-0.2, 0) is 12.6 Å². The Hall–Kier alpha value is -1.07. The highest BCUT2D eigenvalue weighted by Gasteiger charge is 2.31. The number of hydrogen-bond acceptors (Lipinski definition) is 2. The number of alkyl halides is 3. The van der Waals surface area contributed by atoms with Gasteiger partial charge < -0.3 is 10.0 Å². The van der Waals surface area contributed by atoms with Crippen LogP contribution in [-0.4, -0.2) is 35.7 Å². The van der Waals surface area contributed by atoms with Crippen molar-refractivity contribution in [2.24, 2.45) is 0 Å². The Morgan fingerprint density at radius 2 is 1.58 bits per heavy atom. The van der Waals surface area contributed by atoms with E-state index in [0.29, 0.717) is 12.0 Å². The maximum absolute atomic E-state index is 12.4. The fourth-order valence-electron chi connectivity index (χ4n) is 1.60. The number of benzene rings is 1. The Kier molecular flexibility index (Phi) is 4.63. The van der Waals surface area contributed by atoms with E-state index < -0.39 is 23.4 Å². The van der Waals surface area contributed by atoms with Crippen LogP contribution in [0.2, 0.25) is 0 Å². The summed E-state index contributed by atoms with van der Waals surface area (Å²) in [5, 5.41) is 10.2. The van der Waals surface area contributed by atoms with Crippen LogP contribution in [0.1, 0.15) is 25.0 Å². The van der Waals surface area contributed by atoms with Crippen molar-refractivity contribution in [1.29, 1.82) is 0 Å². The van der Waals surface area contributed by atoms with E-state index in [1.807, 2.05) is 32.8 Å². The van der Waals surface area contributed by atoms with Crippen LogP contribution in [0.3, 0.4) is 0 Å². The molecule has 0 spiro atoms.